The van der Waals surface area contributed by atoms with Gasteiger partial charge in [0, 0.05) is 13.2 Å². The maximum atomic E-state index is 10.5. The molecule has 8 nitrogen and oxygen atoms in total. The Kier molecular flexibility index (Phi) is 6.09. The summed E-state index contributed by atoms with van der Waals surface area (Å²) in [4.78, 5) is 10.0. The highest BCUT2D eigenvalue weighted by molar-refractivity contribution is 5.20. The highest BCUT2D eigenvalue weighted by atomic mass is 16.6. The molecular weight excluding hydrogens is 276 g/mol. The van der Waals surface area contributed by atoms with Crippen LogP contribution < -0.4 is 5.32 Å². The molecule has 2 N–H and O–H groups in total. The Balaban J connectivity index is 1.60. The zero-order valence-electron chi connectivity index (χ0n) is 12.0. The van der Waals surface area contributed by atoms with Gasteiger partial charge in [-0.2, -0.15) is 5.10 Å². The van der Waals surface area contributed by atoms with Crippen molar-refractivity contribution in [2.75, 3.05) is 19.7 Å². The van der Waals surface area contributed by atoms with Gasteiger partial charge in [0.2, 0.25) is 0 Å². The molecule has 1 saturated heterocycles. The Hall–Kier alpha value is -1.51. The van der Waals surface area contributed by atoms with Crippen LogP contribution in [0.2, 0.25) is 0 Å². The topological polar surface area (TPSA) is 102 Å². The molecule has 0 saturated carbocycles. The van der Waals surface area contributed by atoms with E-state index in [0.29, 0.717) is 12.6 Å². The summed E-state index contributed by atoms with van der Waals surface area (Å²) in [5.41, 5.74) is -0.0652. The number of aromatic nitrogens is 2. The second-order valence-electron chi connectivity index (χ2n) is 5.31. The summed E-state index contributed by atoms with van der Waals surface area (Å²) < 4.78 is 7.01. The first kappa shape index (κ1) is 15.9. The zero-order valence-corrected chi connectivity index (χ0v) is 12.0. The highest BCUT2D eigenvalue weighted by Crippen LogP contribution is 2.14. The van der Waals surface area contributed by atoms with Crippen molar-refractivity contribution in [3.63, 3.8) is 0 Å². The smallest absolute Gasteiger partial charge is 0.306 e. The van der Waals surface area contributed by atoms with Crippen molar-refractivity contribution < 1.29 is 14.8 Å². The van der Waals surface area contributed by atoms with E-state index in [4.69, 9.17) is 4.74 Å². The molecule has 1 aromatic rings. The first-order valence-corrected chi connectivity index (χ1v) is 7.32. The molecule has 118 valence electrons. The van der Waals surface area contributed by atoms with Crippen LogP contribution in [0, 0.1) is 10.1 Å². The Morgan fingerprint density at radius 2 is 2.48 bits per heavy atom. The van der Waals surface area contributed by atoms with Crippen LogP contribution in [0.1, 0.15) is 25.7 Å². The summed E-state index contributed by atoms with van der Waals surface area (Å²) in [6, 6.07) is 0. The van der Waals surface area contributed by atoms with E-state index in [0.717, 1.165) is 32.4 Å². The Morgan fingerprint density at radius 3 is 3.14 bits per heavy atom. The number of rotatable bonds is 8. The summed E-state index contributed by atoms with van der Waals surface area (Å²) in [7, 11) is 0. The van der Waals surface area contributed by atoms with Crippen molar-refractivity contribution >= 4 is 5.69 Å². The third-order valence-electron chi connectivity index (χ3n) is 3.53. The summed E-state index contributed by atoms with van der Waals surface area (Å²) in [6.07, 6.45) is 6.64. The fourth-order valence-electron chi connectivity index (χ4n) is 2.39. The van der Waals surface area contributed by atoms with E-state index < -0.39 is 11.0 Å². The van der Waals surface area contributed by atoms with E-state index in [2.05, 4.69) is 10.4 Å². The molecule has 1 aromatic heterocycles. The molecule has 0 amide bonds. The molecule has 2 heterocycles. The molecule has 0 bridgehead atoms. The van der Waals surface area contributed by atoms with E-state index in [9.17, 15) is 15.2 Å². The summed E-state index contributed by atoms with van der Waals surface area (Å²) >= 11 is 0. The average molecular weight is 298 g/mol. The predicted molar refractivity (Wildman–Crippen MR) is 76.0 cm³/mol. The van der Waals surface area contributed by atoms with Crippen molar-refractivity contribution in [3.05, 3.63) is 22.5 Å². The van der Waals surface area contributed by atoms with Gasteiger partial charge in [0.15, 0.2) is 0 Å². The van der Waals surface area contributed by atoms with Crippen LogP contribution in [0.15, 0.2) is 12.4 Å². The largest absolute Gasteiger partial charge is 0.390 e. The Bertz CT molecular complexity index is 445. The third kappa shape index (κ3) is 5.41. The van der Waals surface area contributed by atoms with Gasteiger partial charge in [0.1, 0.15) is 12.4 Å². The molecule has 0 aliphatic carbocycles. The van der Waals surface area contributed by atoms with Gasteiger partial charge in [-0.15, -0.1) is 0 Å². The van der Waals surface area contributed by atoms with Crippen LogP contribution in [-0.2, 0) is 11.3 Å². The molecule has 0 spiro atoms. The van der Waals surface area contributed by atoms with Crippen molar-refractivity contribution in [2.24, 2.45) is 0 Å². The van der Waals surface area contributed by atoms with Gasteiger partial charge >= 0.3 is 5.69 Å². The molecule has 0 aromatic carbocycles. The lowest BCUT2D eigenvalue weighted by Crippen LogP contribution is -2.33. The quantitative estimate of drug-likeness (QED) is 0.416. The molecule has 2 unspecified atom stereocenters. The minimum Gasteiger partial charge on any atom is -0.390 e. The molecule has 2 rings (SSSR count). The third-order valence-corrected chi connectivity index (χ3v) is 3.53. The molecule has 1 aliphatic rings. The number of nitrogens with zero attached hydrogens (tertiary/aromatic N) is 3. The number of hydrogen-bond acceptors (Lipinski definition) is 6. The fourth-order valence-corrected chi connectivity index (χ4v) is 2.39. The number of nitrogens with one attached hydrogen (secondary N) is 1. The van der Waals surface area contributed by atoms with Crippen LogP contribution in [0.4, 0.5) is 5.69 Å². The van der Waals surface area contributed by atoms with Gasteiger partial charge in [-0.1, -0.05) is 0 Å². The Labute approximate surface area is 123 Å². The lowest BCUT2D eigenvalue weighted by Gasteiger charge is -2.22. The normalized spacial score (nSPS) is 20.3. The van der Waals surface area contributed by atoms with Crippen LogP contribution in [0.3, 0.4) is 0 Å². The van der Waals surface area contributed by atoms with Crippen LogP contribution >= 0.6 is 0 Å². The number of aliphatic hydroxyl groups is 1. The zero-order chi connectivity index (χ0) is 15.1. The summed E-state index contributed by atoms with van der Waals surface area (Å²) in [6.45, 7) is 2.31. The maximum Gasteiger partial charge on any atom is 0.306 e. The van der Waals surface area contributed by atoms with Crippen LogP contribution in [-0.4, -0.2) is 51.7 Å². The van der Waals surface area contributed by atoms with Gasteiger partial charge in [-0.05, 0) is 32.2 Å². The van der Waals surface area contributed by atoms with E-state index in [1.807, 2.05) is 0 Å². The molecule has 2 atom stereocenters. The molecule has 1 fully saturated rings. The van der Waals surface area contributed by atoms with Gasteiger partial charge < -0.3 is 15.2 Å². The lowest BCUT2D eigenvalue weighted by molar-refractivity contribution is -0.385. The van der Waals surface area contributed by atoms with Crippen LogP contribution in [0.5, 0.6) is 0 Å². The van der Waals surface area contributed by atoms with Gasteiger partial charge in [0.05, 0.1) is 23.7 Å². The summed E-state index contributed by atoms with van der Waals surface area (Å²) in [5, 5.41) is 27.4. The minimum atomic E-state index is -0.628. The molecule has 1 aliphatic heterocycles. The monoisotopic (exact) mass is 298 g/mol. The molecular formula is C13H22N4O4. The minimum absolute atomic E-state index is 0.0652. The van der Waals surface area contributed by atoms with Crippen molar-refractivity contribution in [1.29, 1.82) is 0 Å². The van der Waals surface area contributed by atoms with Crippen molar-refractivity contribution in [2.45, 2.75) is 44.4 Å². The van der Waals surface area contributed by atoms with Gasteiger partial charge in [0.25, 0.3) is 0 Å². The fraction of sp³-hybridized carbons (Fsp3) is 0.769. The number of ether oxygens (including phenoxy) is 1. The van der Waals surface area contributed by atoms with E-state index in [1.54, 1.807) is 0 Å². The maximum absolute atomic E-state index is 10.5. The van der Waals surface area contributed by atoms with E-state index in [-0.39, 0.29) is 12.2 Å². The Morgan fingerprint density at radius 1 is 1.62 bits per heavy atom. The van der Waals surface area contributed by atoms with Crippen molar-refractivity contribution in [3.8, 4) is 0 Å². The average Bonchev–Trinajstić information content (AvgIpc) is 2.93. The van der Waals surface area contributed by atoms with Crippen molar-refractivity contribution in [1.82, 2.24) is 15.1 Å². The predicted octanol–water partition coefficient (Wildman–Crippen LogP) is 0.701. The second-order valence-corrected chi connectivity index (χ2v) is 5.31. The van der Waals surface area contributed by atoms with E-state index >= 15 is 0 Å². The van der Waals surface area contributed by atoms with Crippen LogP contribution in [0.25, 0.3) is 0 Å². The first-order chi connectivity index (χ1) is 10.1. The highest BCUT2D eigenvalue weighted by Gasteiger charge is 2.14. The summed E-state index contributed by atoms with van der Waals surface area (Å²) in [5.74, 6) is 0. The number of hydrogen-bond donors (Lipinski definition) is 2. The molecule has 8 heteroatoms. The molecule has 0 radical (unpaired) electrons. The second kappa shape index (κ2) is 8.06. The number of aliphatic hydroxyl groups excluding tert-OH is 1. The SMILES string of the molecule is O=[N+]([O-])c1cnn(CC(O)CNCCC2CCCCO2)c1. The standard InChI is InChI=1S/C13H22N4O4/c18-12(10-16-9-11(7-15-16)17(19)20)8-14-5-4-13-3-1-2-6-21-13/h7,9,12-14,18H,1-6,8,10H2. The van der Waals surface area contributed by atoms with Gasteiger partial charge in [-0.25, -0.2) is 0 Å². The van der Waals surface area contributed by atoms with E-state index in [1.165, 1.54) is 23.5 Å². The number of nitro groups is 1. The van der Waals surface area contributed by atoms with Gasteiger partial charge in [-0.3, -0.25) is 14.8 Å². The molecule has 21 heavy (non-hydrogen) atoms. The lowest BCUT2D eigenvalue weighted by atomic mass is 10.1. The first-order valence-electron chi connectivity index (χ1n) is 7.32.